The number of nitrogens with zero attached hydrogens (tertiary/aromatic N) is 1. The van der Waals surface area contributed by atoms with Gasteiger partial charge in [-0.3, -0.25) is 10.1 Å². The van der Waals surface area contributed by atoms with E-state index in [4.69, 9.17) is 26.7 Å². The van der Waals surface area contributed by atoms with Gasteiger partial charge in [-0.15, -0.1) is 11.3 Å². The fourth-order valence-corrected chi connectivity index (χ4v) is 5.03. The topological polar surface area (TPSA) is 72.5 Å². The van der Waals surface area contributed by atoms with Gasteiger partial charge in [0, 0.05) is 16.8 Å². The Kier molecular flexibility index (Phi) is 7.92. The average Bonchev–Trinajstić information content (AvgIpc) is 3.35. The third-order valence-corrected chi connectivity index (χ3v) is 6.89. The van der Waals surface area contributed by atoms with Gasteiger partial charge in [0.25, 0.3) is 5.91 Å². The monoisotopic (exact) mass is 539 g/mol. The van der Waals surface area contributed by atoms with E-state index in [0.717, 1.165) is 27.5 Å². The third-order valence-electron chi connectivity index (χ3n) is 5.62. The number of thiazole rings is 1. The highest BCUT2D eigenvalue weighted by atomic mass is 32.1. The summed E-state index contributed by atoms with van der Waals surface area (Å²) in [6.45, 7) is 2.83. The van der Waals surface area contributed by atoms with Gasteiger partial charge in [0.1, 0.15) is 29.7 Å². The van der Waals surface area contributed by atoms with Gasteiger partial charge >= 0.3 is 0 Å². The van der Waals surface area contributed by atoms with Gasteiger partial charge < -0.3 is 14.8 Å². The molecule has 0 fully saturated rings. The molecule has 6 nitrogen and oxygen atoms in total. The largest absolute Gasteiger partial charge is 0.490 e. The number of carbonyl (C=O) groups excluding carboxylic acids is 1. The van der Waals surface area contributed by atoms with Crippen LogP contribution in [0, 0.1) is 6.92 Å². The highest BCUT2D eigenvalue weighted by Crippen LogP contribution is 2.31. The van der Waals surface area contributed by atoms with Crippen molar-refractivity contribution >= 4 is 50.5 Å². The van der Waals surface area contributed by atoms with Gasteiger partial charge in [-0.25, -0.2) is 4.98 Å². The number of nitrogens with one attached hydrogen (secondary N) is 2. The van der Waals surface area contributed by atoms with Crippen LogP contribution in [-0.4, -0.2) is 29.2 Å². The van der Waals surface area contributed by atoms with E-state index in [0.29, 0.717) is 24.5 Å². The van der Waals surface area contributed by atoms with Crippen LogP contribution < -0.4 is 20.1 Å². The summed E-state index contributed by atoms with van der Waals surface area (Å²) in [4.78, 5) is 17.5. The van der Waals surface area contributed by atoms with Crippen molar-refractivity contribution in [2.24, 2.45) is 0 Å². The van der Waals surface area contributed by atoms with E-state index < -0.39 is 0 Å². The lowest BCUT2D eigenvalue weighted by molar-refractivity contribution is 0.0977. The number of benzene rings is 4. The van der Waals surface area contributed by atoms with Gasteiger partial charge in [-0.05, 0) is 91.4 Å². The summed E-state index contributed by atoms with van der Waals surface area (Å²) in [5, 5.41) is 6.95. The van der Waals surface area contributed by atoms with Crippen molar-refractivity contribution in [3.05, 3.63) is 108 Å². The summed E-state index contributed by atoms with van der Waals surface area (Å²) in [5.74, 6) is 1.04. The second kappa shape index (κ2) is 11.9. The SMILES string of the molecule is Cc1ccc2nc(-c3ccc(NC(=S)NC(=O)c4cccc(OCCOc5ccccc5)c4)cc3)sc2c1. The average molecular weight is 540 g/mol. The van der Waals surface area contributed by atoms with Crippen LogP contribution in [-0.2, 0) is 0 Å². The number of carbonyl (C=O) groups is 1. The summed E-state index contributed by atoms with van der Waals surface area (Å²) in [6, 6.07) is 30.5. The number of ether oxygens (including phenoxy) is 2. The van der Waals surface area contributed by atoms with Crippen molar-refractivity contribution in [1.82, 2.24) is 10.3 Å². The van der Waals surface area contributed by atoms with Crippen LogP contribution in [0.3, 0.4) is 0 Å². The Hall–Kier alpha value is -4.27. The number of aryl methyl sites for hydroxylation is 1. The van der Waals surface area contributed by atoms with Crippen molar-refractivity contribution in [2.45, 2.75) is 6.92 Å². The predicted molar refractivity (Wildman–Crippen MR) is 157 cm³/mol. The molecule has 0 saturated heterocycles. The molecule has 5 aromatic rings. The van der Waals surface area contributed by atoms with Crippen molar-refractivity contribution < 1.29 is 14.3 Å². The number of thiocarbonyl (C=S) groups is 1. The Morgan fingerprint density at radius 3 is 2.39 bits per heavy atom. The molecule has 0 radical (unpaired) electrons. The molecule has 190 valence electrons. The molecule has 5 rings (SSSR count). The molecule has 8 heteroatoms. The summed E-state index contributed by atoms with van der Waals surface area (Å²) in [5.41, 5.74) is 4.45. The zero-order valence-electron chi connectivity index (χ0n) is 20.6. The first-order valence-electron chi connectivity index (χ1n) is 12.0. The normalized spacial score (nSPS) is 10.7. The minimum Gasteiger partial charge on any atom is -0.490 e. The zero-order valence-corrected chi connectivity index (χ0v) is 22.3. The Bertz CT molecular complexity index is 1570. The molecule has 0 unspecified atom stereocenters. The number of para-hydroxylation sites is 1. The van der Waals surface area contributed by atoms with Gasteiger partial charge in [0.2, 0.25) is 0 Å². The lowest BCUT2D eigenvalue weighted by atomic mass is 10.2. The summed E-state index contributed by atoms with van der Waals surface area (Å²) < 4.78 is 12.5. The number of hydrogen-bond acceptors (Lipinski definition) is 6. The molecule has 0 aliphatic carbocycles. The molecule has 1 amide bonds. The third kappa shape index (κ3) is 6.53. The van der Waals surface area contributed by atoms with Gasteiger partial charge in [0.05, 0.1) is 10.2 Å². The second-order valence-corrected chi connectivity index (χ2v) is 9.95. The first kappa shape index (κ1) is 25.4. The minimum absolute atomic E-state index is 0.209. The summed E-state index contributed by atoms with van der Waals surface area (Å²) in [6.07, 6.45) is 0. The van der Waals surface area contributed by atoms with Crippen molar-refractivity contribution in [3.8, 4) is 22.1 Å². The van der Waals surface area contributed by atoms with Gasteiger partial charge in [-0.1, -0.05) is 30.3 Å². The molecule has 0 aliphatic heterocycles. The number of rotatable bonds is 8. The van der Waals surface area contributed by atoms with E-state index in [1.165, 1.54) is 10.3 Å². The maximum Gasteiger partial charge on any atom is 0.257 e. The Morgan fingerprint density at radius 1 is 0.868 bits per heavy atom. The molecular weight excluding hydrogens is 514 g/mol. The summed E-state index contributed by atoms with van der Waals surface area (Å²) >= 11 is 7.02. The van der Waals surface area contributed by atoms with Crippen molar-refractivity contribution in [3.63, 3.8) is 0 Å². The number of fused-ring (bicyclic) bond motifs is 1. The number of amides is 1. The van der Waals surface area contributed by atoms with Crippen molar-refractivity contribution in [1.29, 1.82) is 0 Å². The van der Waals surface area contributed by atoms with E-state index >= 15 is 0 Å². The van der Waals surface area contributed by atoms with Crippen LogP contribution in [0.5, 0.6) is 11.5 Å². The molecular formula is C30H25N3O3S2. The number of hydrogen-bond donors (Lipinski definition) is 2. The fraction of sp³-hybridized carbons (Fsp3) is 0.100. The van der Waals surface area contributed by atoms with Gasteiger partial charge in [-0.2, -0.15) is 0 Å². The quantitative estimate of drug-likeness (QED) is 0.166. The Morgan fingerprint density at radius 2 is 1.61 bits per heavy atom. The maximum atomic E-state index is 12.7. The van der Waals surface area contributed by atoms with Crippen LogP contribution in [0.15, 0.2) is 97.1 Å². The molecule has 38 heavy (non-hydrogen) atoms. The van der Waals surface area contributed by atoms with Crippen LogP contribution in [0.4, 0.5) is 5.69 Å². The van der Waals surface area contributed by atoms with Crippen LogP contribution in [0.1, 0.15) is 15.9 Å². The smallest absolute Gasteiger partial charge is 0.257 e. The molecule has 0 spiro atoms. The summed E-state index contributed by atoms with van der Waals surface area (Å²) in [7, 11) is 0. The first-order chi connectivity index (χ1) is 18.5. The maximum absolute atomic E-state index is 12.7. The van der Waals surface area contributed by atoms with E-state index in [9.17, 15) is 4.79 Å². The van der Waals surface area contributed by atoms with Crippen molar-refractivity contribution in [2.75, 3.05) is 18.5 Å². The Labute approximate surface area is 230 Å². The molecule has 2 N–H and O–H groups in total. The van der Waals surface area contributed by atoms with E-state index in [-0.39, 0.29) is 11.0 Å². The molecule has 1 heterocycles. The standard InChI is InChI=1S/C30H25N3O3S2/c1-20-10-15-26-27(18-20)38-29(32-26)21-11-13-23(14-12-21)31-30(37)33-28(34)22-6-5-9-25(19-22)36-17-16-35-24-7-3-2-4-8-24/h2-15,18-19H,16-17H2,1H3,(H2,31,33,34,37). The highest BCUT2D eigenvalue weighted by Gasteiger charge is 2.11. The number of aromatic nitrogens is 1. The van der Waals surface area contributed by atoms with Crippen LogP contribution >= 0.6 is 23.6 Å². The molecule has 0 aliphatic rings. The lowest BCUT2D eigenvalue weighted by Crippen LogP contribution is -2.34. The molecule has 4 aromatic carbocycles. The minimum atomic E-state index is -0.324. The number of anilines is 1. The van der Waals surface area contributed by atoms with Crippen LogP contribution in [0.25, 0.3) is 20.8 Å². The zero-order chi connectivity index (χ0) is 26.3. The molecule has 0 saturated carbocycles. The second-order valence-electron chi connectivity index (χ2n) is 8.51. The lowest BCUT2D eigenvalue weighted by Gasteiger charge is -2.11. The van der Waals surface area contributed by atoms with Gasteiger partial charge in [0.15, 0.2) is 5.11 Å². The van der Waals surface area contributed by atoms with E-state index in [1.54, 1.807) is 35.6 Å². The molecule has 0 bridgehead atoms. The van der Waals surface area contributed by atoms with E-state index in [2.05, 4.69) is 29.7 Å². The molecule has 0 atom stereocenters. The molecule has 1 aromatic heterocycles. The fourth-order valence-electron chi connectivity index (χ4n) is 3.75. The van der Waals surface area contributed by atoms with Crippen LogP contribution in [0.2, 0.25) is 0 Å². The Balaban J connectivity index is 1.13. The van der Waals surface area contributed by atoms with E-state index in [1.807, 2.05) is 60.7 Å². The highest BCUT2D eigenvalue weighted by molar-refractivity contribution is 7.80. The first-order valence-corrected chi connectivity index (χ1v) is 13.3. The predicted octanol–water partition coefficient (Wildman–Crippen LogP) is 6.86.